The van der Waals surface area contributed by atoms with Crippen LogP contribution in [-0.2, 0) is 14.4 Å². The number of hydrogen-bond donors (Lipinski definition) is 1. The predicted molar refractivity (Wildman–Crippen MR) is 98.7 cm³/mol. The second-order valence-electron chi connectivity index (χ2n) is 9.18. The predicted octanol–water partition coefficient (Wildman–Crippen LogP) is 4.17. The molecule has 0 aliphatic heterocycles. The molecular weight excluding hydrogens is 302 g/mol. The van der Waals surface area contributed by atoms with Crippen LogP contribution in [0.1, 0.15) is 81.1 Å². The monoisotopic (exact) mass is 339 g/mol. The van der Waals surface area contributed by atoms with Crippen molar-refractivity contribution in [1.29, 1.82) is 0 Å². The van der Waals surface area contributed by atoms with E-state index in [1.807, 2.05) is 20.8 Å². The summed E-state index contributed by atoms with van der Waals surface area (Å²) in [4.78, 5) is 36.0. The first kappa shape index (κ1) is 22.8. The molecule has 0 aromatic carbocycles. The van der Waals surface area contributed by atoms with Gasteiger partial charge < -0.3 is 5.32 Å². The van der Waals surface area contributed by atoms with Crippen molar-refractivity contribution in [1.82, 2.24) is 5.32 Å². The summed E-state index contributed by atoms with van der Waals surface area (Å²) in [5.74, 6) is 0.608. The van der Waals surface area contributed by atoms with Gasteiger partial charge in [-0.15, -0.1) is 0 Å². The Kier molecular flexibility index (Phi) is 8.87. The highest BCUT2D eigenvalue weighted by atomic mass is 16.2. The number of rotatable bonds is 9. The summed E-state index contributed by atoms with van der Waals surface area (Å²) in [7, 11) is 0. The number of carbonyl (C=O) groups excluding carboxylic acids is 3. The minimum atomic E-state index is -0.397. The highest BCUT2D eigenvalue weighted by Gasteiger charge is 2.32. The van der Waals surface area contributed by atoms with Gasteiger partial charge in [-0.25, -0.2) is 0 Å². The molecule has 0 aliphatic rings. The third-order valence-corrected chi connectivity index (χ3v) is 4.28. The maximum absolute atomic E-state index is 12.4. The van der Waals surface area contributed by atoms with Crippen LogP contribution in [-0.4, -0.2) is 24.0 Å². The highest BCUT2D eigenvalue weighted by molar-refractivity contribution is 5.88. The molecule has 0 fully saturated rings. The maximum Gasteiger partial charge on any atom is 0.220 e. The molecule has 1 unspecified atom stereocenters. The lowest BCUT2D eigenvalue weighted by Gasteiger charge is -2.32. The van der Waals surface area contributed by atoms with Gasteiger partial charge in [-0.05, 0) is 17.8 Å². The summed E-state index contributed by atoms with van der Waals surface area (Å²) < 4.78 is 0. The molecule has 0 heterocycles. The molecule has 1 atom stereocenters. The Bertz CT molecular complexity index is 439. The first-order valence-electron chi connectivity index (χ1n) is 9.09. The fourth-order valence-corrected chi connectivity index (χ4v) is 3.19. The standard InChI is InChI=1S/C20H37NO3/c1-14(2)18(20(6,7)8)15(22)10-9-13-21-17(24)12-11-16(23)19(3,4)5/h14,18H,9-13H2,1-8H3,(H,21,24). The molecule has 1 N–H and O–H groups in total. The Morgan fingerprint density at radius 1 is 0.875 bits per heavy atom. The van der Waals surface area contributed by atoms with Gasteiger partial charge in [0.2, 0.25) is 5.91 Å². The summed E-state index contributed by atoms with van der Waals surface area (Å²) in [6, 6.07) is 0. The molecule has 4 heteroatoms. The normalized spacial score (nSPS) is 13.7. The average Bonchev–Trinajstić information content (AvgIpc) is 2.37. The Hall–Kier alpha value is -1.19. The Morgan fingerprint density at radius 3 is 1.83 bits per heavy atom. The molecule has 140 valence electrons. The molecule has 0 aliphatic carbocycles. The largest absolute Gasteiger partial charge is 0.356 e. The Labute approximate surface area is 148 Å². The van der Waals surface area contributed by atoms with E-state index in [1.54, 1.807) is 0 Å². The van der Waals surface area contributed by atoms with Crippen molar-refractivity contribution in [3.63, 3.8) is 0 Å². The zero-order chi connectivity index (χ0) is 19.1. The van der Waals surface area contributed by atoms with Crippen LogP contribution in [0.5, 0.6) is 0 Å². The van der Waals surface area contributed by atoms with Gasteiger partial charge in [-0.1, -0.05) is 55.4 Å². The lowest BCUT2D eigenvalue weighted by atomic mass is 9.71. The van der Waals surface area contributed by atoms with E-state index in [0.29, 0.717) is 25.3 Å². The van der Waals surface area contributed by atoms with Crippen molar-refractivity contribution in [2.75, 3.05) is 6.54 Å². The minimum absolute atomic E-state index is 0.0395. The van der Waals surface area contributed by atoms with Gasteiger partial charge in [0.15, 0.2) is 0 Å². The fourth-order valence-electron chi connectivity index (χ4n) is 3.19. The number of nitrogens with one attached hydrogen (secondary N) is 1. The molecule has 4 nitrogen and oxygen atoms in total. The lowest BCUT2D eigenvalue weighted by Crippen LogP contribution is -2.33. The molecule has 24 heavy (non-hydrogen) atoms. The van der Waals surface area contributed by atoms with Gasteiger partial charge in [0.05, 0.1) is 0 Å². The third kappa shape index (κ3) is 8.60. The van der Waals surface area contributed by atoms with E-state index >= 15 is 0 Å². The Morgan fingerprint density at radius 2 is 1.42 bits per heavy atom. The van der Waals surface area contributed by atoms with Crippen LogP contribution in [0.2, 0.25) is 0 Å². The topological polar surface area (TPSA) is 63.2 Å². The SMILES string of the molecule is CC(C)C(C(=O)CCCNC(=O)CCC(=O)C(C)(C)C)C(C)(C)C. The van der Waals surface area contributed by atoms with Gasteiger partial charge in [0, 0.05) is 37.1 Å². The second-order valence-corrected chi connectivity index (χ2v) is 9.18. The molecule has 0 aromatic heterocycles. The van der Waals surface area contributed by atoms with E-state index < -0.39 is 5.41 Å². The van der Waals surface area contributed by atoms with E-state index in [1.165, 1.54) is 0 Å². The van der Waals surface area contributed by atoms with Crippen LogP contribution >= 0.6 is 0 Å². The second kappa shape index (κ2) is 9.33. The quantitative estimate of drug-likeness (QED) is 0.641. The van der Waals surface area contributed by atoms with Gasteiger partial charge in [0.25, 0.3) is 0 Å². The zero-order valence-electron chi connectivity index (χ0n) is 16.9. The van der Waals surface area contributed by atoms with Crippen LogP contribution in [0.4, 0.5) is 0 Å². The minimum Gasteiger partial charge on any atom is -0.356 e. The molecule has 0 spiro atoms. The number of Topliss-reactive ketones (excluding diaryl/α,β-unsaturated/α-hetero) is 2. The molecular formula is C20H37NO3. The molecule has 0 rings (SSSR count). The molecule has 0 saturated heterocycles. The molecule has 0 radical (unpaired) electrons. The van der Waals surface area contributed by atoms with E-state index in [0.717, 1.165) is 0 Å². The van der Waals surface area contributed by atoms with Gasteiger partial charge >= 0.3 is 0 Å². The van der Waals surface area contributed by atoms with Crippen LogP contribution in [0, 0.1) is 22.7 Å². The van der Waals surface area contributed by atoms with E-state index in [4.69, 9.17) is 0 Å². The third-order valence-electron chi connectivity index (χ3n) is 4.28. The van der Waals surface area contributed by atoms with E-state index in [9.17, 15) is 14.4 Å². The van der Waals surface area contributed by atoms with Crippen molar-refractivity contribution < 1.29 is 14.4 Å². The fraction of sp³-hybridized carbons (Fsp3) is 0.850. The van der Waals surface area contributed by atoms with Gasteiger partial charge in [0.1, 0.15) is 11.6 Å². The van der Waals surface area contributed by atoms with Crippen LogP contribution < -0.4 is 5.32 Å². The molecule has 0 saturated carbocycles. The Balaban J connectivity index is 4.15. The number of carbonyl (C=O) groups is 3. The average molecular weight is 340 g/mol. The molecule has 0 bridgehead atoms. The summed E-state index contributed by atoms with van der Waals surface area (Å²) in [6.45, 7) is 16.5. The maximum atomic E-state index is 12.4. The van der Waals surface area contributed by atoms with Crippen molar-refractivity contribution in [2.24, 2.45) is 22.7 Å². The van der Waals surface area contributed by atoms with Crippen LogP contribution in [0.15, 0.2) is 0 Å². The molecule has 1 amide bonds. The lowest BCUT2D eigenvalue weighted by molar-refractivity contribution is -0.129. The number of ketones is 2. The van der Waals surface area contributed by atoms with Gasteiger partial charge in [-0.3, -0.25) is 14.4 Å². The first-order valence-corrected chi connectivity index (χ1v) is 9.09. The summed E-state index contributed by atoms with van der Waals surface area (Å²) in [5.41, 5.74) is -0.437. The highest BCUT2D eigenvalue weighted by Crippen LogP contribution is 2.33. The summed E-state index contributed by atoms with van der Waals surface area (Å²) >= 11 is 0. The van der Waals surface area contributed by atoms with Gasteiger partial charge in [-0.2, -0.15) is 0 Å². The number of hydrogen-bond acceptors (Lipinski definition) is 3. The van der Waals surface area contributed by atoms with Crippen LogP contribution in [0.3, 0.4) is 0 Å². The summed E-state index contributed by atoms with van der Waals surface area (Å²) in [6.07, 6.45) is 1.63. The smallest absolute Gasteiger partial charge is 0.220 e. The molecule has 0 aromatic rings. The van der Waals surface area contributed by atoms with Crippen molar-refractivity contribution >= 4 is 17.5 Å². The van der Waals surface area contributed by atoms with E-state index in [2.05, 4.69) is 39.9 Å². The first-order chi connectivity index (χ1) is 10.8. The van der Waals surface area contributed by atoms with Crippen LogP contribution in [0.25, 0.3) is 0 Å². The van der Waals surface area contributed by atoms with Crippen molar-refractivity contribution in [3.05, 3.63) is 0 Å². The summed E-state index contributed by atoms with van der Waals surface area (Å²) in [5, 5.41) is 2.81. The number of amides is 1. The van der Waals surface area contributed by atoms with E-state index in [-0.39, 0.29) is 41.6 Å². The zero-order valence-corrected chi connectivity index (χ0v) is 16.9. The van der Waals surface area contributed by atoms with Crippen molar-refractivity contribution in [2.45, 2.75) is 81.1 Å². The van der Waals surface area contributed by atoms with Crippen molar-refractivity contribution in [3.8, 4) is 0 Å².